The first-order chi connectivity index (χ1) is 14.1. The lowest BCUT2D eigenvalue weighted by Gasteiger charge is -2.14. The summed E-state index contributed by atoms with van der Waals surface area (Å²) < 4.78 is 1.70. The van der Waals surface area contributed by atoms with Gasteiger partial charge in [-0.3, -0.25) is 9.69 Å². The van der Waals surface area contributed by atoms with Gasteiger partial charge in [-0.25, -0.2) is 4.68 Å². The Labute approximate surface area is 171 Å². The van der Waals surface area contributed by atoms with E-state index in [1.807, 2.05) is 38.1 Å². The number of rotatable bonds is 6. The largest absolute Gasteiger partial charge is 0.347 e. The van der Waals surface area contributed by atoms with E-state index in [0.717, 1.165) is 23.5 Å². The molecule has 0 bridgehead atoms. The van der Waals surface area contributed by atoms with E-state index in [1.165, 1.54) is 37.1 Å². The Morgan fingerprint density at radius 1 is 0.966 bits per heavy atom. The fourth-order valence-electron chi connectivity index (χ4n) is 3.70. The van der Waals surface area contributed by atoms with Gasteiger partial charge in [0.1, 0.15) is 0 Å². The number of aryl methyl sites for hydroxylation is 1. The molecule has 0 saturated carbocycles. The highest BCUT2D eigenvalue weighted by molar-refractivity contribution is 5.93. The predicted molar refractivity (Wildman–Crippen MR) is 113 cm³/mol. The monoisotopic (exact) mass is 389 g/mol. The number of carbonyl (C=O) groups is 1. The van der Waals surface area contributed by atoms with Gasteiger partial charge in [0.15, 0.2) is 5.69 Å². The molecule has 3 aromatic rings. The molecule has 2 heterocycles. The van der Waals surface area contributed by atoms with Gasteiger partial charge in [0.05, 0.1) is 11.4 Å². The van der Waals surface area contributed by atoms with E-state index >= 15 is 0 Å². The first kappa shape index (κ1) is 19.3. The normalized spacial score (nSPS) is 14.3. The second-order valence-electron chi connectivity index (χ2n) is 7.75. The summed E-state index contributed by atoms with van der Waals surface area (Å²) in [6.07, 6.45) is 2.61. The highest BCUT2D eigenvalue weighted by Crippen LogP contribution is 2.15. The molecule has 6 heteroatoms. The zero-order valence-electron chi connectivity index (χ0n) is 17.1. The minimum atomic E-state index is -0.206. The predicted octanol–water partition coefficient (Wildman–Crippen LogP) is 3.41. The number of likely N-dealkylation sites (tertiary alicyclic amines) is 1. The molecule has 6 nitrogen and oxygen atoms in total. The number of aromatic nitrogens is 3. The van der Waals surface area contributed by atoms with E-state index in [2.05, 4.69) is 44.8 Å². The van der Waals surface area contributed by atoms with Crippen LogP contribution in [0.15, 0.2) is 48.5 Å². The van der Waals surface area contributed by atoms with Gasteiger partial charge in [-0.15, -0.1) is 5.10 Å². The van der Waals surface area contributed by atoms with Crippen LogP contribution < -0.4 is 5.32 Å². The average molecular weight is 390 g/mol. The van der Waals surface area contributed by atoms with Crippen LogP contribution in [0.1, 0.15) is 45.7 Å². The number of nitrogens with one attached hydrogen (secondary N) is 1. The Kier molecular flexibility index (Phi) is 5.71. The summed E-state index contributed by atoms with van der Waals surface area (Å²) in [4.78, 5) is 15.1. The van der Waals surface area contributed by atoms with Crippen molar-refractivity contribution in [1.82, 2.24) is 25.2 Å². The molecule has 2 aromatic carbocycles. The molecule has 0 unspecified atom stereocenters. The lowest BCUT2D eigenvalue weighted by molar-refractivity contribution is 0.0945. The number of amides is 1. The lowest BCUT2D eigenvalue weighted by Crippen LogP contribution is -2.24. The Morgan fingerprint density at radius 2 is 1.62 bits per heavy atom. The van der Waals surface area contributed by atoms with E-state index in [1.54, 1.807) is 4.68 Å². The summed E-state index contributed by atoms with van der Waals surface area (Å²) in [6.45, 7) is 7.77. The maximum atomic E-state index is 12.6. The van der Waals surface area contributed by atoms with Gasteiger partial charge in [0.2, 0.25) is 0 Å². The molecule has 29 heavy (non-hydrogen) atoms. The molecular formula is C23H27N5O. The summed E-state index contributed by atoms with van der Waals surface area (Å²) in [5.74, 6) is -0.206. The summed E-state index contributed by atoms with van der Waals surface area (Å²) in [6, 6.07) is 16.5. The van der Waals surface area contributed by atoms with Crippen LogP contribution in [-0.2, 0) is 13.1 Å². The van der Waals surface area contributed by atoms with Crippen LogP contribution in [0.4, 0.5) is 0 Å². The van der Waals surface area contributed by atoms with E-state index in [9.17, 15) is 4.79 Å². The van der Waals surface area contributed by atoms with Crippen molar-refractivity contribution < 1.29 is 4.79 Å². The van der Waals surface area contributed by atoms with Gasteiger partial charge in [0, 0.05) is 13.1 Å². The van der Waals surface area contributed by atoms with E-state index in [0.29, 0.717) is 12.2 Å². The minimum absolute atomic E-state index is 0.206. The van der Waals surface area contributed by atoms with Crippen LogP contribution in [0, 0.1) is 13.8 Å². The molecule has 1 N–H and O–H groups in total. The third-order valence-electron chi connectivity index (χ3n) is 5.47. The van der Waals surface area contributed by atoms with Crippen LogP contribution in [-0.4, -0.2) is 38.9 Å². The minimum Gasteiger partial charge on any atom is -0.347 e. The van der Waals surface area contributed by atoms with E-state index < -0.39 is 0 Å². The fraction of sp³-hybridized carbons (Fsp3) is 0.348. The van der Waals surface area contributed by atoms with Crippen molar-refractivity contribution in [1.29, 1.82) is 0 Å². The van der Waals surface area contributed by atoms with Crippen LogP contribution in [0.2, 0.25) is 0 Å². The molecule has 1 amide bonds. The third-order valence-corrected chi connectivity index (χ3v) is 5.47. The quantitative estimate of drug-likeness (QED) is 0.702. The smallest absolute Gasteiger partial charge is 0.274 e. The maximum Gasteiger partial charge on any atom is 0.274 e. The van der Waals surface area contributed by atoms with Crippen molar-refractivity contribution in [3.63, 3.8) is 0 Å². The SMILES string of the molecule is Cc1ccc(-n2nnc(C(=O)NCc3ccc(CN4CCCC4)cc3)c2C)cc1. The van der Waals surface area contributed by atoms with E-state index in [-0.39, 0.29) is 5.91 Å². The highest BCUT2D eigenvalue weighted by Gasteiger charge is 2.17. The first-order valence-electron chi connectivity index (χ1n) is 10.2. The summed E-state index contributed by atoms with van der Waals surface area (Å²) in [7, 11) is 0. The topological polar surface area (TPSA) is 63.1 Å². The standard InChI is InChI=1S/C23H27N5O/c1-17-5-11-21(12-6-17)28-18(2)22(25-26-28)23(29)24-15-19-7-9-20(10-8-19)16-27-13-3-4-14-27/h5-12H,3-4,13-16H2,1-2H3,(H,24,29). The Bertz CT molecular complexity index is 970. The number of benzene rings is 2. The maximum absolute atomic E-state index is 12.6. The Hall–Kier alpha value is -2.99. The molecule has 1 aliphatic heterocycles. The fourth-order valence-corrected chi connectivity index (χ4v) is 3.70. The molecule has 0 aliphatic carbocycles. The van der Waals surface area contributed by atoms with Crippen LogP contribution in [0.3, 0.4) is 0 Å². The number of nitrogens with zero attached hydrogens (tertiary/aromatic N) is 4. The third kappa shape index (κ3) is 4.54. The molecule has 1 aromatic heterocycles. The molecule has 0 spiro atoms. The van der Waals surface area contributed by atoms with Crippen molar-refractivity contribution >= 4 is 5.91 Å². The number of hydrogen-bond acceptors (Lipinski definition) is 4. The van der Waals surface area contributed by atoms with Gasteiger partial charge in [-0.05, 0) is 63.0 Å². The zero-order chi connectivity index (χ0) is 20.2. The molecular weight excluding hydrogens is 362 g/mol. The van der Waals surface area contributed by atoms with Crippen LogP contribution in [0.5, 0.6) is 0 Å². The van der Waals surface area contributed by atoms with Gasteiger partial charge in [-0.2, -0.15) is 0 Å². The first-order valence-corrected chi connectivity index (χ1v) is 10.2. The second kappa shape index (κ2) is 8.57. The van der Waals surface area contributed by atoms with Gasteiger partial charge >= 0.3 is 0 Å². The molecule has 1 saturated heterocycles. The number of hydrogen-bond donors (Lipinski definition) is 1. The lowest BCUT2D eigenvalue weighted by atomic mass is 10.1. The van der Waals surface area contributed by atoms with Crippen molar-refractivity contribution in [3.05, 3.63) is 76.6 Å². The van der Waals surface area contributed by atoms with Gasteiger partial charge in [-0.1, -0.05) is 47.2 Å². The molecule has 1 aliphatic rings. The number of carbonyl (C=O) groups excluding carboxylic acids is 1. The van der Waals surface area contributed by atoms with Crippen molar-refractivity contribution in [2.45, 2.75) is 39.8 Å². The Morgan fingerprint density at radius 3 is 2.31 bits per heavy atom. The molecule has 0 atom stereocenters. The van der Waals surface area contributed by atoms with Gasteiger partial charge < -0.3 is 5.32 Å². The second-order valence-corrected chi connectivity index (χ2v) is 7.75. The molecule has 0 radical (unpaired) electrons. The summed E-state index contributed by atoms with van der Waals surface area (Å²) in [5, 5.41) is 11.2. The van der Waals surface area contributed by atoms with Crippen molar-refractivity contribution in [2.75, 3.05) is 13.1 Å². The zero-order valence-corrected chi connectivity index (χ0v) is 17.1. The van der Waals surface area contributed by atoms with E-state index in [4.69, 9.17) is 0 Å². The van der Waals surface area contributed by atoms with Crippen LogP contribution >= 0.6 is 0 Å². The van der Waals surface area contributed by atoms with Gasteiger partial charge in [0.25, 0.3) is 5.91 Å². The van der Waals surface area contributed by atoms with Crippen LogP contribution in [0.25, 0.3) is 5.69 Å². The highest BCUT2D eigenvalue weighted by atomic mass is 16.2. The Balaban J connectivity index is 1.36. The summed E-state index contributed by atoms with van der Waals surface area (Å²) >= 11 is 0. The van der Waals surface area contributed by atoms with Crippen molar-refractivity contribution in [2.24, 2.45) is 0 Å². The molecule has 150 valence electrons. The molecule has 4 rings (SSSR count). The molecule has 1 fully saturated rings. The van der Waals surface area contributed by atoms with Crippen molar-refractivity contribution in [3.8, 4) is 5.69 Å². The average Bonchev–Trinajstić information content (AvgIpc) is 3.38. The summed E-state index contributed by atoms with van der Waals surface area (Å²) in [5.41, 5.74) is 5.55.